The van der Waals surface area contributed by atoms with Crippen LogP contribution in [0.3, 0.4) is 0 Å². The van der Waals surface area contributed by atoms with Gasteiger partial charge in [0.15, 0.2) is 0 Å². The van der Waals surface area contributed by atoms with Crippen LogP contribution in [0.1, 0.15) is 36.5 Å². The first-order valence-corrected chi connectivity index (χ1v) is 5.37. The van der Waals surface area contributed by atoms with Crippen LogP contribution < -0.4 is 5.32 Å². The molecular formula is C12H14FNO3. The first-order valence-electron chi connectivity index (χ1n) is 5.37. The van der Waals surface area contributed by atoms with E-state index in [1.54, 1.807) is 0 Å². The first-order chi connectivity index (χ1) is 8.04. The van der Waals surface area contributed by atoms with Crippen LogP contribution in [0, 0.1) is 5.82 Å². The minimum atomic E-state index is -1.27. The summed E-state index contributed by atoms with van der Waals surface area (Å²) in [6.45, 7) is 1.95. The topological polar surface area (TPSA) is 66.4 Å². The Morgan fingerprint density at radius 3 is 2.71 bits per heavy atom. The molecule has 2 N–H and O–H groups in total. The number of hydrogen-bond acceptors (Lipinski definition) is 2. The normalized spacial score (nSPS) is 10.0. The fourth-order valence-corrected chi connectivity index (χ4v) is 1.35. The third kappa shape index (κ3) is 3.86. The molecule has 0 saturated carbocycles. The Bertz CT molecular complexity index is 432. The van der Waals surface area contributed by atoms with Crippen LogP contribution in [0.5, 0.6) is 0 Å². The molecule has 0 aliphatic heterocycles. The van der Waals surface area contributed by atoms with Crippen LogP contribution >= 0.6 is 0 Å². The van der Waals surface area contributed by atoms with E-state index in [2.05, 4.69) is 5.32 Å². The molecule has 0 aromatic heterocycles. The number of halogens is 1. The van der Waals surface area contributed by atoms with Crippen LogP contribution in [0.4, 0.5) is 10.1 Å². The van der Waals surface area contributed by atoms with Crippen molar-refractivity contribution in [2.75, 3.05) is 5.32 Å². The number of hydrogen-bond donors (Lipinski definition) is 2. The predicted molar refractivity (Wildman–Crippen MR) is 61.5 cm³/mol. The molecule has 0 aliphatic carbocycles. The minimum absolute atomic E-state index is 0.125. The molecule has 0 heterocycles. The van der Waals surface area contributed by atoms with E-state index in [-0.39, 0.29) is 17.2 Å². The minimum Gasteiger partial charge on any atom is -0.478 e. The number of rotatable bonds is 5. The number of benzene rings is 1. The molecule has 0 bridgehead atoms. The van der Waals surface area contributed by atoms with Crippen LogP contribution in [-0.4, -0.2) is 17.0 Å². The van der Waals surface area contributed by atoms with Crippen molar-refractivity contribution in [2.24, 2.45) is 0 Å². The molecular weight excluding hydrogens is 225 g/mol. The molecule has 0 radical (unpaired) electrons. The van der Waals surface area contributed by atoms with Gasteiger partial charge in [0.1, 0.15) is 5.82 Å². The predicted octanol–water partition coefficient (Wildman–Crippen LogP) is 2.65. The number of unbranched alkanes of at least 4 members (excludes halogenated alkanes) is 1. The monoisotopic (exact) mass is 239 g/mol. The summed E-state index contributed by atoms with van der Waals surface area (Å²) >= 11 is 0. The van der Waals surface area contributed by atoms with Gasteiger partial charge in [-0.05, 0) is 24.6 Å². The van der Waals surface area contributed by atoms with E-state index in [1.165, 1.54) is 6.07 Å². The summed E-state index contributed by atoms with van der Waals surface area (Å²) in [7, 11) is 0. The quantitative estimate of drug-likeness (QED) is 0.830. The molecule has 17 heavy (non-hydrogen) atoms. The molecule has 0 unspecified atom stereocenters. The van der Waals surface area contributed by atoms with Gasteiger partial charge in [0, 0.05) is 6.42 Å². The van der Waals surface area contributed by atoms with Crippen molar-refractivity contribution in [3.63, 3.8) is 0 Å². The number of amides is 1. The van der Waals surface area contributed by atoms with Crippen molar-refractivity contribution in [1.82, 2.24) is 0 Å². The van der Waals surface area contributed by atoms with E-state index < -0.39 is 11.8 Å². The third-order valence-electron chi connectivity index (χ3n) is 2.24. The number of nitrogens with one attached hydrogen (secondary N) is 1. The lowest BCUT2D eigenvalue weighted by Gasteiger charge is -2.08. The smallest absolute Gasteiger partial charge is 0.337 e. The highest BCUT2D eigenvalue weighted by molar-refractivity contribution is 6.00. The molecule has 0 atom stereocenters. The Morgan fingerprint density at radius 1 is 1.41 bits per heavy atom. The third-order valence-corrected chi connectivity index (χ3v) is 2.24. The van der Waals surface area contributed by atoms with Crippen molar-refractivity contribution >= 4 is 17.6 Å². The zero-order valence-electron chi connectivity index (χ0n) is 9.50. The van der Waals surface area contributed by atoms with Gasteiger partial charge >= 0.3 is 5.97 Å². The molecule has 4 nitrogen and oxygen atoms in total. The summed E-state index contributed by atoms with van der Waals surface area (Å²) in [5, 5.41) is 11.3. The van der Waals surface area contributed by atoms with Crippen molar-refractivity contribution < 1.29 is 19.1 Å². The molecule has 1 amide bonds. The zero-order chi connectivity index (χ0) is 12.8. The lowest BCUT2D eigenvalue weighted by atomic mass is 10.1. The van der Waals surface area contributed by atoms with Crippen molar-refractivity contribution in [3.8, 4) is 0 Å². The molecule has 0 fully saturated rings. The van der Waals surface area contributed by atoms with Gasteiger partial charge in [0.05, 0.1) is 11.3 Å². The molecule has 0 saturated heterocycles. The number of carbonyl (C=O) groups is 2. The molecule has 0 aliphatic rings. The van der Waals surface area contributed by atoms with Gasteiger partial charge in [-0.3, -0.25) is 4.79 Å². The summed E-state index contributed by atoms with van der Waals surface area (Å²) < 4.78 is 12.9. The second-order valence-electron chi connectivity index (χ2n) is 3.65. The number of carbonyl (C=O) groups excluding carboxylic acids is 1. The van der Waals surface area contributed by atoms with Gasteiger partial charge < -0.3 is 10.4 Å². The van der Waals surface area contributed by atoms with E-state index >= 15 is 0 Å². The van der Waals surface area contributed by atoms with Crippen molar-refractivity contribution in [3.05, 3.63) is 29.6 Å². The Hall–Kier alpha value is -1.91. The second kappa shape index (κ2) is 5.98. The van der Waals surface area contributed by atoms with Crippen LogP contribution in [0.15, 0.2) is 18.2 Å². The fourth-order valence-electron chi connectivity index (χ4n) is 1.35. The number of carboxylic acid groups (broad SMARTS) is 1. The van der Waals surface area contributed by atoms with Gasteiger partial charge in [-0.25, -0.2) is 9.18 Å². The van der Waals surface area contributed by atoms with E-state index in [1.807, 2.05) is 6.92 Å². The van der Waals surface area contributed by atoms with Crippen LogP contribution in [-0.2, 0) is 4.79 Å². The fraction of sp³-hybridized carbons (Fsp3) is 0.333. The van der Waals surface area contributed by atoms with E-state index in [9.17, 15) is 14.0 Å². The molecule has 1 aromatic rings. The zero-order valence-corrected chi connectivity index (χ0v) is 9.50. The largest absolute Gasteiger partial charge is 0.478 e. The number of carboxylic acids is 1. The van der Waals surface area contributed by atoms with Crippen LogP contribution in [0.2, 0.25) is 0 Å². The van der Waals surface area contributed by atoms with E-state index in [4.69, 9.17) is 5.11 Å². The molecule has 0 spiro atoms. The highest BCUT2D eigenvalue weighted by Gasteiger charge is 2.13. The van der Waals surface area contributed by atoms with Crippen molar-refractivity contribution in [2.45, 2.75) is 26.2 Å². The number of aromatic carboxylic acids is 1. The molecule has 1 aromatic carbocycles. The van der Waals surface area contributed by atoms with Crippen LogP contribution in [0.25, 0.3) is 0 Å². The van der Waals surface area contributed by atoms with Gasteiger partial charge in [0.2, 0.25) is 5.91 Å². The highest BCUT2D eigenvalue weighted by atomic mass is 19.1. The Kier molecular flexibility index (Phi) is 4.63. The lowest BCUT2D eigenvalue weighted by molar-refractivity contribution is -0.116. The summed E-state index contributed by atoms with van der Waals surface area (Å²) in [5.41, 5.74) is -0.116. The summed E-state index contributed by atoms with van der Waals surface area (Å²) in [6.07, 6.45) is 1.94. The maximum Gasteiger partial charge on any atom is 0.337 e. The highest BCUT2D eigenvalue weighted by Crippen LogP contribution is 2.17. The van der Waals surface area contributed by atoms with E-state index in [0.717, 1.165) is 25.0 Å². The summed E-state index contributed by atoms with van der Waals surface area (Å²) in [6, 6.07) is 3.25. The first kappa shape index (κ1) is 13.2. The Balaban J connectivity index is 2.83. The average molecular weight is 239 g/mol. The van der Waals surface area contributed by atoms with E-state index in [0.29, 0.717) is 6.42 Å². The van der Waals surface area contributed by atoms with Gasteiger partial charge in [-0.1, -0.05) is 13.3 Å². The molecule has 1 rings (SSSR count). The molecule has 92 valence electrons. The van der Waals surface area contributed by atoms with Gasteiger partial charge in [-0.2, -0.15) is 0 Å². The van der Waals surface area contributed by atoms with Gasteiger partial charge in [0.25, 0.3) is 0 Å². The summed E-state index contributed by atoms with van der Waals surface area (Å²) in [5.74, 6) is -2.18. The van der Waals surface area contributed by atoms with Gasteiger partial charge in [-0.15, -0.1) is 0 Å². The standard InChI is InChI=1S/C12H14FNO3/c1-2-3-4-11(15)14-10-6-5-8(13)7-9(10)12(16)17/h5-7H,2-4H2,1H3,(H,14,15)(H,16,17). The Morgan fingerprint density at radius 2 is 2.12 bits per heavy atom. The second-order valence-corrected chi connectivity index (χ2v) is 3.65. The SMILES string of the molecule is CCCCC(=O)Nc1ccc(F)cc1C(=O)O. The summed E-state index contributed by atoms with van der Waals surface area (Å²) in [4.78, 5) is 22.3. The Labute approximate surface area is 98.5 Å². The molecule has 5 heteroatoms. The maximum atomic E-state index is 12.9. The lowest BCUT2D eigenvalue weighted by Crippen LogP contribution is -2.14. The number of anilines is 1. The average Bonchev–Trinajstić information content (AvgIpc) is 2.28. The van der Waals surface area contributed by atoms with Crippen molar-refractivity contribution in [1.29, 1.82) is 0 Å². The maximum absolute atomic E-state index is 12.9.